The predicted molar refractivity (Wildman–Crippen MR) is 52.5 cm³/mol. The van der Waals surface area contributed by atoms with Crippen molar-refractivity contribution >= 4 is 17.6 Å². The zero-order valence-electron chi connectivity index (χ0n) is 8.43. The van der Waals surface area contributed by atoms with E-state index in [4.69, 9.17) is 16.9 Å². The molecule has 0 unspecified atom stereocenters. The van der Waals surface area contributed by atoms with Gasteiger partial charge in [-0.3, -0.25) is 0 Å². The highest BCUT2D eigenvalue weighted by atomic mass is 35.5. The summed E-state index contributed by atoms with van der Waals surface area (Å²) in [6, 6.07) is 3.26. The second-order valence-corrected chi connectivity index (χ2v) is 3.33. The molecule has 0 radical (unpaired) electrons. The Morgan fingerprint density at radius 3 is 2.47 bits per heavy atom. The zero-order chi connectivity index (χ0) is 13.2. The van der Waals surface area contributed by atoms with Gasteiger partial charge in [0.1, 0.15) is 0 Å². The molecule has 1 aromatic carbocycles. The zero-order valence-corrected chi connectivity index (χ0v) is 9.19. The van der Waals surface area contributed by atoms with Crippen molar-refractivity contribution in [2.45, 2.75) is 6.18 Å². The van der Waals surface area contributed by atoms with Crippen LogP contribution in [0.5, 0.6) is 0 Å². The molecule has 0 saturated heterocycles. The van der Waals surface area contributed by atoms with Gasteiger partial charge in [-0.2, -0.15) is 18.4 Å². The number of nitriles is 1. The first kappa shape index (κ1) is 13.3. The van der Waals surface area contributed by atoms with E-state index < -0.39 is 33.9 Å². The molecule has 90 valence electrons. The summed E-state index contributed by atoms with van der Waals surface area (Å²) >= 11 is 5.48. The topological polar surface area (TPSA) is 50.1 Å². The van der Waals surface area contributed by atoms with Crippen LogP contribution >= 0.6 is 11.6 Å². The van der Waals surface area contributed by atoms with Crippen molar-refractivity contribution in [2.75, 3.05) is 7.11 Å². The smallest absolute Gasteiger partial charge is 0.419 e. The molecule has 1 aromatic rings. The molecule has 0 saturated carbocycles. The van der Waals surface area contributed by atoms with Gasteiger partial charge in [0, 0.05) is 0 Å². The Morgan fingerprint density at radius 2 is 2.06 bits per heavy atom. The van der Waals surface area contributed by atoms with Gasteiger partial charge in [-0.05, 0) is 12.1 Å². The van der Waals surface area contributed by atoms with E-state index in [1.807, 2.05) is 0 Å². The Kier molecular flexibility index (Phi) is 3.63. The van der Waals surface area contributed by atoms with E-state index in [0.29, 0.717) is 0 Å². The predicted octanol–water partition coefficient (Wildman–Crippen LogP) is 3.02. The normalized spacial score (nSPS) is 10.8. The third-order valence-corrected chi connectivity index (χ3v) is 2.34. The lowest BCUT2D eigenvalue weighted by Crippen LogP contribution is -2.12. The number of alkyl halides is 3. The summed E-state index contributed by atoms with van der Waals surface area (Å²) in [6.07, 6.45) is -4.81. The number of carbonyl (C=O) groups is 1. The van der Waals surface area contributed by atoms with Crippen molar-refractivity contribution in [3.05, 3.63) is 33.8 Å². The molecule has 0 aliphatic carbocycles. The van der Waals surface area contributed by atoms with Gasteiger partial charge in [-0.25, -0.2) is 4.79 Å². The average Bonchev–Trinajstić information content (AvgIpc) is 2.25. The van der Waals surface area contributed by atoms with Crippen molar-refractivity contribution in [2.24, 2.45) is 0 Å². The minimum Gasteiger partial charge on any atom is -0.465 e. The molecule has 0 fully saturated rings. The van der Waals surface area contributed by atoms with Crippen LogP contribution < -0.4 is 0 Å². The first-order valence-electron chi connectivity index (χ1n) is 4.21. The van der Waals surface area contributed by atoms with Crippen molar-refractivity contribution in [3.8, 4) is 6.07 Å². The maximum absolute atomic E-state index is 12.7. The van der Waals surface area contributed by atoms with Crippen LogP contribution in [-0.4, -0.2) is 13.1 Å². The number of benzene rings is 1. The minimum absolute atomic E-state index is 0.430. The molecule has 0 aliphatic heterocycles. The highest BCUT2D eigenvalue weighted by molar-refractivity contribution is 6.34. The molecular formula is C10H5ClF3NO2. The van der Waals surface area contributed by atoms with Crippen LogP contribution in [0.1, 0.15) is 21.5 Å². The Bertz CT molecular complexity index is 505. The van der Waals surface area contributed by atoms with Crippen LogP contribution in [0.2, 0.25) is 5.02 Å². The van der Waals surface area contributed by atoms with E-state index in [-0.39, 0.29) is 0 Å². The third kappa shape index (κ3) is 2.50. The second kappa shape index (κ2) is 4.63. The first-order valence-corrected chi connectivity index (χ1v) is 4.58. The van der Waals surface area contributed by atoms with E-state index >= 15 is 0 Å². The van der Waals surface area contributed by atoms with Gasteiger partial charge in [-0.15, -0.1) is 0 Å². The molecule has 0 aromatic heterocycles. The van der Waals surface area contributed by atoms with Crippen molar-refractivity contribution < 1.29 is 22.7 Å². The number of hydrogen-bond acceptors (Lipinski definition) is 3. The number of ether oxygens (including phenoxy) is 1. The van der Waals surface area contributed by atoms with Gasteiger partial charge >= 0.3 is 12.1 Å². The number of halogens is 4. The van der Waals surface area contributed by atoms with Gasteiger partial charge < -0.3 is 4.74 Å². The first-order chi connectivity index (χ1) is 7.82. The Hall–Kier alpha value is -1.74. The van der Waals surface area contributed by atoms with Crippen molar-refractivity contribution in [1.29, 1.82) is 5.26 Å². The van der Waals surface area contributed by atoms with Crippen LogP contribution in [0.15, 0.2) is 12.1 Å². The van der Waals surface area contributed by atoms with E-state index in [1.165, 1.54) is 6.07 Å². The second-order valence-electron chi connectivity index (χ2n) is 2.95. The Labute approximate surface area is 99.4 Å². The summed E-state index contributed by atoms with van der Waals surface area (Å²) in [5, 5.41) is 7.74. The number of nitrogens with zero attached hydrogens (tertiary/aromatic N) is 1. The number of hydrogen-bond donors (Lipinski definition) is 0. The number of rotatable bonds is 1. The maximum Gasteiger partial charge on any atom is 0.419 e. The van der Waals surface area contributed by atoms with Gasteiger partial charge in [0.05, 0.1) is 34.9 Å². The van der Waals surface area contributed by atoms with Crippen LogP contribution in [0.25, 0.3) is 0 Å². The summed E-state index contributed by atoms with van der Waals surface area (Å²) in [5.41, 5.74) is -2.40. The Balaban J connectivity index is 3.56. The number of carbonyl (C=O) groups excluding carboxylic acids is 1. The molecule has 0 spiro atoms. The molecule has 0 atom stereocenters. The summed E-state index contributed by atoms with van der Waals surface area (Å²) in [7, 11) is 1.02. The summed E-state index contributed by atoms with van der Waals surface area (Å²) in [6.45, 7) is 0. The molecule has 0 bridgehead atoms. The minimum atomic E-state index is -4.81. The largest absolute Gasteiger partial charge is 0.465 e. The lowest BCUT2D eigenvalue weighted by Gasteiger charge is -2.12. The standard InChI is InChI=1S/C10H5ClF3NO2/c1-17-9(16)6-3-2-5(4-15)7(8(6)11)10(12,13)14/h2-3H,1H3. The van der Waals surface area contributed by atoms with Crippen LogP contribution in [0.4, 0.5) is 13.2 Å². The lowest BCUT2D eigenvalue weighted by molar-refractivity contribution is -0.137. The molecule has 3 nitrogen and oxygen atoms in total. The summed E-state index contributed by atoms with van der Waals surface area (Å²) in [4.78, 5) is 11.2. The summed E-state index contributed by atoms with van der Waals surface area (Å²) < 4.78 is 42.3. The number of esters is 1. The van der Waals surface area contributed by atoms with E-state index in [1.54, 1.807) is 0 Å². The van der Waals surface area contributed by atoms with Gasteiger partial charge in [0.25, 0.3) is 0 Å². The van der Waals surface area contributed by atoms with Crippen molar-refractivity contribution in [1.82, 2.24) is 0 Å². The van der Waals surface area contributed by atoms with E-state index in [0.717, 1.165) is 19.2 Å². The maximum atomic E-state index is 12.7. The number of methoxy groups -OCH3 is 1. The quantitative estimate of drug-likeness (QED) is 0.732. The fourth-order valence-corrected chi connectivity index (χ4v) is 1.56. The Morgan fingerprint density at radius 1 is 1.47 bits per heavy atom. The highest BCUT2D eigenvalue weighted by Crippen LogP contribution is 2.38. The monoisotopic (exact) mass is 263 g/mol. The molecule has 1 rings (SSSR count). The molecule has 17 heavy (non-hydrogen) atoms. The third-order valence-electron chi connectivity index (χ3n) is 1.95. The molecule has 0 heterocycles. The molecule has 0 aliphatic rings. The fraction of sp³-hybridized carbons (Fsp3) is 0.200. The van der Waals surface area contributed by atoms with E-state index in [2.05, 4.69) is 4.74 Å². The van der Waals surface area contributed by atoms with Gasteiger partial charge in [0.15, 0.2) is 0 Å². The van der Waals surface area contributed by atoms with Crippen LogP contribution in [0.3, 0.4) is 0 Å². The molecule has 0 N–H and O–H groups in total. The lowest BCUT2D eigenvalue weighted by atomic mass is 10.0. The molecular weight excluding hydrogens is 259 g/mol. The SMILES string of the molecule is COC(=O)c1ccc(C#N)c(C(F)(F)F)c1Cl. The summed E-state index contributed by atoms with van der Waals surface area (Å²) in [5.74, 6) is -0.995. The van der Waals surface area contributed by atoms with Crippen molar-refractivity contribution in [3.63, 3.8) is 0 Å². The van der Waals surface area contributed by atoms with Crippen LogP contribution in [0, 0.1) is 11.3 Å². The van der Waals surface area contributed by atoms with Gasteiger partial charge in [-0.1, -0.05) is 11.6 Å². The average molecular weight is 264 g/mol. The van der Waals surface area contributed by atoms with Crippen LogP contribution in [-0.2, 0) is 10.9 Å². The molecule has 7 heteroatoms. The molecule has 0 amide bonds. The van der Waals surface area contributed by atoms with E-state index in [9.17, 15) is 18.0 Å². The van der Waals surface area contributed by atoms with Gasteiger partial charge in [0.2, 0.25) is 0 Å². The highest BCUT2D eigenvalue weighted by Gasteiger charge is 2.38. The fourth-order valence-electron chi connectivity index (χ4n) is 1.21.